The van der Waals surface area contributed by atoms with E-state index in [1.165, 1.54) is 5.56 Å². The Morgan fingerprint density at radius 2 is 1.78 bits per heavy atom. The Balaban J connectivity index is 1.50. The predicted molar refractivity (Wildman–Crippen MR) is 88.4 cm³/mol. The van der Waals surface area contributed by atoms with Crippen LogP contribution >= 0.6 is 0 Å². The molecule has 1 fully saturated rings. The van der Waals surface area contributed by atoms with E-state index in [4.69, 9.17) is 9.57 Å². The van der Waals surface area contributed by atoms with E-state index in [1.807, 2.05) is 42.5 Å². The van der Waals surface area contributed by atoms with Crippen LogP contribution in [0.5, 0.6) is 0 Å². The van der Waals surface area contributed by atoms with Gasteiger partial charge in [0.1, 0.15) is 0 Å². The van der Waals surface area contributed by atoms with Crippen LogP contribution in [-0.2, 0) is 20.8 Å². The van der Waals surface area contributed by atoms with Gasteiger partial charge in [-0.1, -0.05) is 54.6 Å². The van der Waals surface area contributed by atoms with E-state index >= 15 is 0 Å². The summed E-state index contributed by atoms with van der Waals surface area (Å²) in [5.74, 6) is -0.161. The minimum Gasteiger partial charge on any atom is -0.350 e. The fourth-order valence-electron chi connectivity index (χ4n) is 2.60. The summed E-state index contributed by atoms with van der Waals surface area (Å²) in [6, 6.07) is 18.2. The van der Waals surface area contributed by atoms with Crippen LogP contribution < -0.4 is 5.48 Å². The van der Waals surface area contributed by atoms with Gasteiger partial charge < -0.3 is 4.74 Å². The highest BCUT2D eigenvalue weighted by molar-refractivity contribution is 5.77. The summed E-state index contributed by atoms with van der Waals surface area (Å²) in [5, 5.41) is 0. The Hall–Kier alpha value is -2.17. The van der Waals surface area contributed by atoms with Crippen molar-refractivity contribution in [1.29, 1.82) is 0 Å². The van der Waals surface area contributed by atoms with Crippen LogP contribution in [0.2, 0.25) is 0 Å². The van der Waals surface area contributed by atoms with E-state index in [0.717, 1.165) is 30.4 Å². The van der Waals surface area contributed by atoms with Crippen molar-refractivity contribution in [2.24, 2.45) is 0 Å². The van der Waals surface area contributed by atoms with Crippen molar-refractivity contribution in [3.63, 3.8) is 0 Å². The zero-order valence-electron chi connectivity index (χ0n) is 13.0. The Labute approximate surface area is 136 Å². The fraction of sp³-hybridized carbons (Fsp3) is 0.316. The van der Waals surface area contributed by atoms with Crippen molar-refractivity contribution in [3.8, 4) is 11.1 Å². The molecule has 2 aromatic rings. The zero-order chi connectivity index (χ0) is 15.9. The van der Waals surface area contributed by atoms with Gasteiger partial charge in [0.05, 0.1) is 6.42 Å². The number of nitrogens with one attached hydrogen (secondary N) is 1. The molecule has 0 saturated carbocycles. The van der Waals surface area contributed by atoms with Gasteiger partial charge in [-0.05, 0) is 29.5 Å². The van der Waals surface area contributed by atoms with Gasteiger partial charge in [0.2, 0.25) is 5.91 Å². The normalized spacial score (nSPS) is 17.7. The molecule has 1 unspecified atom stereocenters. The van der Waals surface area contributed by atoms with E-state index in [9.17, 15) is 4.79 Å². The zero-order valence-corrected chi connectivity index (χ0v) is 13.0. The number of hydroxylamine groups is 1. The SMILES string of the molecule is O=C(Cc1ccc(-c2ccccc2)cc1)NOC1CCCCO1. The summed E-state index contributed by atoms with van der Waals surface area (Å²) >= 11 is 0. The molecule has 120 valence electrons. The molecular formula is C19H21NO3. The molecule has 1 atom stereocenters. The number of amides is 1. The van der Waals surface area contributed by atoms with Crippen molar-refractivity contribution >= 4 is 5.91 Å². The third-order valence-electron chi connectivity index (χ3n) is 3.87. The van der Waals surface area contributed by atoms with Crippen LogP contribution in [0.1, 0.15) is 24.8 Å². The molecule has 0 bridgehead atoms. The van der Waals surface area contributed by atoms with Crippen molar-refractivity contribution in [2.75, 3.05) is 6.61 Å². The van der Waals surface area contributed by atoms with Gasteiger partial charge >= 0.3 is 0 Å². The molecule has 1 saturated heterocycles. The number of carbonyl (C=O) groups excluding carboxylic acids is 1. The molecule has 2 aromatic carbocycles. The number of ether oxygens (including phenoxy) is 1. The average Bonchev–Trinajstić information content (AvgIpc) is 2.62. The second-order valence-electron chi connectivity index (χ2n) is 5.68. The Bertz CT molecular complexity index is 619. The van der Waals surface area contributed by atoms with Gasteiger partial charge in [0.15, 0.2) is 6.29 Å². The summed E-state index contributed by atoms with van der Waals surface area (Å²) < 4.78 is 5.41. The number of hydrogen-bond donors (Lipinski definition) is 1. The van der Waals surface area contributed by atoms with Crippen LogP contribution in [0.15, 0.2) is 54.6 Å². The number of hydrogen-bond acceptors (Lipinski definition) is 3. The molecule has 4 heteroatoms. The summed E-state index contributed by atoms with van der Waals surface area (Å²) in [6.07, 6.45) is 2.94. The topological polar surface area (TPSA) is 47.6 Å². The Morgan fingerprint density at radius 3 is 2.48 bits per heavy atom. The van der Waals surface area contributed by atoms with Crippen LogP contribution in [-0.4, -0.2) is 18.8 Å². The van der Waals surface area contributed by atoms with Gasteiger partial charge in [-0.25, -0.2) is 10.3 Å². The highest BCUT2D eigenvalue weighted by atomic mass is 16.8. The highest BCUT2D eigenvalue weighted by Gasteiger charge is 2.15. The fourth-order valence-corrected chi connectivity index (χ4v) is 2.60. The number of carbonyl (C=O) groups is 1. The molecule has 1 aliphatic rings. The molecule has 0 spiro atoms. The number of rotatable bonds is 5. The van der Waals surface area contributed by atoms with E-state index in [-0.39, 0.29) is 12.2 Å². The van der Waals surface area contributed by atoms with Crippen molar-refractivity contribution < 1.29 is 14.4 Å². The molecule has 1 aliphatic heterocycles. The summed E-state index contributed by atoms with van der Waals surface area (Å²) in [7, 11) is 0. The average molecular weight is 311 g/mol. The molecule has 4 nitrogen and oxygen atoms in total. The standard InChI is InChI=1S/C19H21NO3/c21-18(20-23-19-8-4-5-13-22-19)14-15-9-11-17(12-10-15)16-6-2-1-3-7-16/h1-3,6-7,9-12,19H,4-5,8,13-14H2,(H,20,21). The largest absolute Gasteiger partial charge is 0.350 e. The van der Waals surface area contributed by atoms with Crippen LogP contribution in [0.25, 0.3) is 11.1 Å². The molecule has 3 rings (SSSR count). The first kappa shape index (κ1) is 15.7. The Morgan fingerprint density at radius 1 is 1.04 bits per heavy atom. The van der Waals surface area contributed by atoms with Gasteiger partial charge in [0.25, 0.3) is 0 Å². The van der Waals surface area contributed by atoms with Gasteiger partial charge in [-0.3, -0.25) is 4.79 Å². The molecule has 1 N–H and O–H groups in total. The summed E-state index contributed by atoms with van der Waals surface area (Å²) in [6.45, 7) is 0.696. The maximum atomic E-state index is 11.9. The third kappa shape index (κ3) is 4.65. The van der Waals surface area contributed by atoms with Crippen LogP contribution in [0.4, 0.5) is 0 Å². The molecule has 0 radical (unpaired) electrons. The monoisotopic (exact) mass is 311 g/mol. The van der Waals surface area contributed by atoms with E-state index in [0.29, 0.717) is 13.0 Å². The predicted octanol–water partition coefficient (Wildman–Crippen LogP) is 3.47. The van der Waals surface area contributed by atoms with Crippen molar-refractivity contribution in [1.82, 2.24) is 5.48 Å². The first-order valence-corrected chi connectivity index (χ1v) is 8.02. The van der Waals surface area contributed by atoms with Crippen LogP contribution in [0.3, 0.4) is 0 Å². The smallest absolute Gasteiger partial charge is 0.248 e. The van der Waals surface area contributed by atoms with Crippen molar-refractivity contribution in [2.45, 2.75) is 32.0 Å². The quantitative estimate of drug-likeness (QED) is 0.860. The lowest BCUT2D eigenvalue weighted by Crippen LogP contribution is -2.33. The van der Waals surface area contributed by atoms with E-state index < -0.39 is 0 Å². The van der Waals surface area contributed by atoms with E-state index in [2.05, 4.69) is 17.6 Å². The van der Waals surface area contributed by atoms with Gasteiger partial charge in [0, 0.05) is 13.0 Å². The molecule has 23 heavy (non-hydrogen) atoms. The number of benzene rings is 2. The lowest BCUT2D eigenvalue weighted by atomic mass is 10.0. The first-order chi connectivity index (χ1) is 11.3. The second-order valence-corrected chi connectivity index (χ2v) is 5.68. The van der Waals surface area contributed by atoms with Gasteiger partial charge in [-0.2, -0.15) is 0 Å². The summed E-state index contributed by atoms with van der Waals surface area (Å²) in [5.41, 5.74) is 5.75. The maximum absolute atomic E-state index is 11.9. The maximum Gasteiger partial charge on any atom is 0.248 e. The minimum atomic E-state index is -0.312. The first-order valence-electron chi connectivity index (χ1n) is 8.02. The Kier molecular flexibility index (Phi) is 5.40. The van der Waals surface area contributed by atoms with Gasteiger partial charge in [-0.15, -0.1) is 0 Å². The molecular weight excluding hydrogens is 290 g/mol. The molecule has 0 aromatic heterocycles. The lowest BCUT2D eigenvalue weighted by Gasteiger charge is -2.22. The molecule has 0 aliphatic carbocycles. The summed E-state index contributed by atoms with van der Waals surface area (Å²) in [4.78, 5) is 17.2. The molecule has 1 heterocycles. The minimum absolute atomic E-state index is 0.161. The van der Waals surface area contributed by atoms with Crippen LogP contribution in [0, 0.1) is 0 Å². The highest BCUT2D eigenvalue weighted by Crippen LogP contribution is 2.19. The molecule has 1 amide bonds. The second kappa shape index (κ2) is 7.90. The van der Waals surface area contributed by atoms with E-state index in [1.54, 1.807) is 0 Å². The van der Waals surface area contributed by atoms with Crippen molar-refractivity contribution in [3.05, 3.63) is 60.2 Å². The third-order valence-corrected chi connectivity index (χ3v) is 3.87. The lowest BCUT2D eigenvalue weighted by molar-refractivity contribution is -0.200.